The molecule has 0 saturated carbocycles. The Bertz CT molecular complexity index is 415. The van der Waals surface area contributed by atoms with Crippen LogP contribution in [0.5, 0.6) is 0 Å². The van der Waals surface area contributed by atoms with Crippen LogP contribution in [-0.4, -0.2) is 13.0 Å². The van der Waals surface area contributed by atoms with Gasteiger partial charge >= 0.3 is 0 Å². The molecule has 0 saturated heterocycles. The quantitative estimate of drug-likeness (QED) is 0.669. The number of carbonyl (C=O) groups is 1. The Balaban J connectivity index is 2.68. The van der Waals surface area contributed by atoms with Gasteiger partial charge in [-0.1, -0.05) is 6.07 Å². The first kappa shape index (κ1) is 9.15. The summed E-state index contributed by atoms with van der Waals surface area (Å²) in [6.45, 7) is 1.63. The van der Waals surface area contributed by atoms with Crippen molar-refractivity contribution in [1.82, 2.24) is 0 Å². The molecule has 1 aromatic carbocycles. The Hall–Kier alpha value is -1.42. The van der Waals surface area contributed by atoms with Crippen LogP contribution in [0, 0.1) is 5.82 Å². The first-order chi connectivity index (χ1) is 6.44. The summed E-state index contributed by atoms with van der Waals surface area (Å²) in [4.78, 5) is 13.1. The summed E-state index contributed by atoms with van der Waals surface area (Å²) in [5, 5.41) is 0. The smallest absolute Gasteiger partial charge is 0.251 e. The maximum atomic E-state index is 12.9. The zero-order chi connectivity index (χ0) is 10.5. The lowest BCUT2D eigenvalue weighted by atomic mass is 9.95. The Labute approximate surface area is 81.3 Å². The Morgan fingerprint density at radius 1 is 1.50 bits per heavy atom. The lowest BCUT2D eigenvalue weighted by molar-refractivity contribution is -0.122. The van der Waals surface area contributed by atoms with Crippen LogP contribution in [0.4, 0.5) is 10.1 Å². The zero-order valence-electron chi connectivity index (χ0n) is 8.04. The van der Waals surface area contributed by atoms with E-state index in [1.54, 1.807) is 20.0 Å². The van der Waals surface area contributed by atoms with Gasteiger partial charge in [0.2, 0.25) is 0 Å². The highest BCUT2D eigenvalue weighted by atomic mass is 19.1. The number of hydrogen-bond donors (Lipinski definition) is 1. The van der Waals surface area contributed by atoms with Crippen molar-refractivity contribution in [3.8, 4) is 0 Å². The van der Waals surface area contributed by atoms with Crippen molar-refractivity contribution >= 4 is 11.6 Å². The Morgan fingerprint density at radius 3 is 2.79 bits per heavy atom. The van der Waals surface area contributed by atoms with Gasteiger partial charge in [0.1, 0.15) is 11.4 Å². The molecule has 2 rings (SSSR count). The lowest BCUT2D eigenvalue weighted by Crippen LogP contribution is -2.43. The second-order valence-electron chi connectivity index (χ2n) is 3.73. The van der Waals surface area contributed by atoms with Crippen molar-refractivity contribution in [2.75, 3.05) is 11.9 Å². The molecule has 0 bridgehead atoms. The van der Waals surface area contributed by atoms with Crippen molar-refractivity contribution < 1.29 is 9.18 Å². The molecule has 4 heteroatoms. The van der Waals surface area contributed by atoms with Gasteiger partial charge in [0, 0.05) is 12.6 Å². The third-order valence-electron chi connectivity index (χ3n) is 2.63. The number of amides is 1. The van der Waals surface area contributed by atoms with E-state index in [2.05, 4.69) is 0 Å². The van der Waals surface area contributed by atoms with E-state index in [4.69, 9.17) is 5.73 Å². The minimum Gasteiger partial charge on any atom is -0.314 e. The molecule has 0 radical (unpaired) electrons. The topological polar surface area (TPSA) is 46.3 Å². The third kappa shape index (κ3) is 0.974. The summed E-state index contributed by atoms with van der Waals surface area (Å²) < 4.78 is 12.9. The number of benzene rings is 1. The molecule has 14 heavy (non-hydrogen) atoms. The normalized spacial score (nSPS) is 25.4. The first-order valence-corrected chi connectivity index (χ1v) is 4.31. The minimum atomic E-state index is -1.03. The molecule has 3 nitrogen and oxygen atoms in total. The third-order valence-corrected chi connectivity index (χ3v) is 2.63. The molecule has 2 N–H and O–H groups in total. The number of rotatable bonds is 0. The van der Waals surface area contributed by atoms with Crippen molar-refractivity contribution in [2.24, 2.45) is 5.73 Å². The molecule has 1 atom stereocenters. The fourth-order valence-electron chi connectivity index (χ4n) is 1.79. The molecule has 1 aromatic rings. The number of nitrogens with two attached hydrogens (primary N) is 1. The van der Waals surface area contributed by atoms with Gasteiger partial charge in [-0.05, 0) is 19.1 Å². The van der Waals surface area contributed by atoms with Crippen molar-refractivity contribution in [3.63, 3.8) is 0 Å². The maximum absolute atomic E-state index is 12.9. The molecular formula is C10H11FN2O. The summed E-state index contributed by atoms with van der Waals surface area (Å²) in [5.41, 5.74) is 6.06. The molecule has 0 fully saturated rings. The van der Waals surface area contributed by atoms with Crippen LogP contribution in [0.25, 0.3) is 0 Å². The number of hydrogen-bond acceptors (Lipinski definition) is 2. The van der Waals surface area contributed by atoms with Crippen LogP contribution in [0.1, 0.15) is 12.5 Å². The summed E-state index contributed by atoms with van der Waals surface area (Å²) in [6, 6.07) is 4.20. The average Bonchev–Trinajstić information content (AvgIpc) is 2.28. The number of fused-ring (bicyclic) bond motifs is 1. The zero-order valence-corrected chi connectivity index (χ0v) is 8.04. The SMILES string of the molecule is CN1C(=O)C(C)(N)c2ccc(F)cc21. The van der Waals surface area contributed by atoms with Gasteiger partial charge < -0.3 is 10.6 Å². The van der Waals surface area contributed by atoms with E-state index in [1.165, 1.54) is 17.0 Å². The fourth-order valence-corrected chi connectivity index (χ4v) is 1.79. The maximum Gasteiger partial charge on any atom is 0.251 e. The molecule has 1 amide bonds. The number of carbonyl (C=O) groups excluding carboxylic acids is 1. The van der Waals surface area contributed by atoms with E-state index in [1.807, 2.05) is 0 Å². The highest BCUT2D eigenvalue weighted by Crippen LogP contribution is 2.37. The molecule has 0 aromatic heterocycles. The highest BCUT2D eigenvalue weighted by Gasteiger charge is 2.42. The van der Waals surface area contributed by atoms with E-state index < -0.39 is 5.54 Å². The standard InChI is InChI=1S/C10H11FN2O/c1-10(12)7-4-3-6(11)5-8(7)13(2)9(10)14/h3-5H,12H2,1-2H3. The molecule has 0 spiro atoms. The monoisotopic (exact) mass is 194 g/mol. The second kappa shape index (κ2) is 2.54. The molecule has 1 heterocycles. The van der Waals surface area contributed by atoms with Gasteiger partial charge in [-0.2, -0.15) is 0 Å². The molecular weight excluding hydrogens is 183 g/mol. The van der Waals surface area contributed by atoms with Crippen molar-refractivity contribution in [2.45, 2.75) is 12.5 Å². The van der Waals surface area contributed by atoms with Crippen LogP contribution in [0.15, 0.2) is 18.2 Å². The predicted octanol–water partition coefficient (Wildman–Crippen LogP) is 0.976. The minimum absolute atomic E-state index is 0.210. The Morgan fingerprint density at radius 2 is 2.14 bits per heavy atom. The van der Waals surface area contributed by atoms with E-state index in [0.717, 1.165) is 0 Å². The van der Waals surface area contributed by atoms with Crippen LogP contribution in [0.2, 0.25) is 0 Å². The van der Waals surface area contributed by atoms with Gasteiger partial charge in [-0.3, -0.25) is 4.79 Å². The van der Waals surface area contributed by atoms with Crippen LogP contribution in [0.3, 0.4) is 0 Å². The van der Waals surface area contributed by atoms with E-state index in [0.29, 0.717) is 11.3 Å². The second-order valence-corrected chi connectivity index (χ2v) is 3.73. The molecule has 74 valence electrons. The van der Waals surface area contributed by atoms with E-state index >= 15 is 0 Å². The summed E-state index contributed by atoms with van der Waals surface area (Å²) in [7, 11) is 1.60. The molecule has 1 unspecified atom stereocenters. The average molecular weight is 194 g/mol. The molecule has 0 aliphatic carbocycles. The fraction of sp³-hybridized carbons (Fsp3) is 0.300. The van der Waals surface area contributed by atoms with Gasteiger partial charge in [-0.15, -0.1) is 0 Å². The van der Waals surface area contributed by atoms with Gasteiger partial charge in [0.15, 0.2) is 0 Å². The van der Waals surface area contributed by atoms with Gasteiger partial charge in [-0.25, -0.2) is 4.39 Å². The predicted molar refractivity (Wildman–Crippen MR) is 51.3 cm³/mol. The highest BCUT2D eigenvalue weighted by molar-refractivity contribution is 6.06. The molecule has 1 aliphatic heterocycles. The van der Waals surface area contributed by atoms with Gasteiger partial charge in [0.25, 0.3) is 5.91 Å². The number of likely N-dealkylation sites (N-methyl/N-ethyl adjacent to an activating group) is 1. The Kier molecular flexibility index (Phi) is 1.66. The number of nitrogens with zero attached hydrogens (tertiary/aromatic N) is 1. The van der Waals surface area contributed by atoms with Crippen molar-refractivity contribution in [3.05, 3.63) is 29.6 Å². The van der Waals surface area contributed by atoms with Gasteiger partial charge in [0.05, 0.1) is 5.69 Å². The van der Waals surface area contributed by atoms with E-state index in [9.17, 15) is 9.18 Å². The van der Waals surface area contributed by atoms with Crippen LogP contribution >= 0.6 is 0 Å². The number of anilines is 1. The summed E-state index contributed by atoms with van der Waals surface area (Å²) >= 11 is 0. The van der Waals surface area contributed by atoms with Crippen LogP contribution in [-0.2, 0) is 10.3 Å². The first-order valence-electron chi connectivity index (χ1n) is 4.31. The van der Waals surface area contributed by atoms with Crippen LogP contribution < -0.4 is 10.6 Å². The molecule has 1 aliphatic rings. The largest absolute Gasteiger partial charge is 0.314 e. The number of halogens is 1. The lowest BCUT2D eigenvalue weighted by Gasteiger charge is -2.16. The van der Waals surface area contributed by atoms with Crippen molar-refractivity contribution in [1.29, 1.82) is 0 Å². The summed E-state index contributed by atoms with van der Waals surface area (Å²) in [6.07, 6.45) is 0. The van der Waals surface area contributed by atoms with E-state index in [-0.39, 0.29) is 11.7 Å². The summed E-state index contributed by atoms with van der Waals surface area (Å²) in [5.74, 6) is -0.570.